The number of aryl methyl sites for hydroxylation is 1. The summed E-state index contributed by atoms with van der Waals surface area (Å²) in [6, 6.07) is 20.9. The summed E-state index contributed by atoms with van der Waals surface area (Å²) in [5.41, 5.74) is 3.66. The third kappa shape index (κ3) is 4.08. The first-order valence-corrected chi connectivity index (χ1v) is 12.6. The van der Waals surface area contributed by atoms with E-state index in [0.717, 1.165) is 21.6 Å². The van der Waals surface area contributed by atoms with Crippen LogP contribution >= 0.6 is 22.7 Å². The van der Waals surface area contributed by atoms with Gasteiger partial charge >= 0.3 is 5.97 Å². The van der Waals surface area contributed by atoms with Crippen molar-refractivity contribution >= 4 is 40.4 Å². The number of ether oxygens (including phenoxy) is 1. The van der Waals surface area contributed by atoms with Gasteiger partial charge in [-0.2, -0.15) is 0 Å². The minimum atomic E-state index is -0.606. The summed E-state index contributed by atoms with van der Waals surface area (Å²) < 4.78 is 7.66. The minimum absolute atomic E-state index is 0.170. The fourth-order valence-electron chi connectivity index (χ4n) is 3.97. The quantitative estimate of drug-likeness (QED) is 0.395. The molecular formula is C27H22N2O3S2. The van der Waals surface area contributed by atoms with Gasteiger partial charge in [0.2, 0.25) is 0 Å². The molecule has 1 unspecified atom stereocenters. The van der Waals surface area contributed by atoms with Gasteiger partial charge in [-0.15, -0.1) is 11.3 Å². The van der Waals surface area contributed by atoms with E-state index >= 15 is 0 Å². The summed E-state index contributed by atoms with van der Waals surface area (Å²) in [6.07, 6.45) is 1.88. The highest BCUT2D eigenvalue weighted by Gasteiger charge is 2.35. The second-order valence-electron chi connectivity index (χ2n) is 7.86. The topological polar surface area (TPSA) is 60.7 Å². The lowest BCUT2D eigenvalue weighted by molar-refractivity contribution is -0.138. The van der Waals surface area contributed by atoms with Crippen molar-refractivity contribution in [3.63, 3.8) is 0 Å². The van der Waals surface area contributed by atoms with Gasteiger partial charge in [0.25, 0.3) is 5.56 Å². The van der Waals surface area contributed by atoms with Crippen LogP contribution in [0.2, 0.25) is 0 Å². The second kappa shape index (κ2) is 9.37. The van der Waals surface area contributed by atoms with Crippen molar-refractivity contribution in [3.8, 4) is 0 Å². The number of carbonyl (C=O) groups is 1. The molecule has 0 saturated heterocycles. The van der Waals surface area contributed by atoms with Crippen molar-refractivity contribution < 1.29 is 9.53 Å². The molecule has 1 aliphatic rings. The number of aromatic nitrogens is 1. The number of fused-ring (bicyclic) bond motifs is 1. The Balaban J connectivity index is 1.81. The molecule has 0 N–H and O–H groups in total. The number of esters is 1. The molecule has 5 rings (SSSR count). The Kier molecular flexibility index (Phi) is 6.13. The van der Waals surface area contributed by atoms with Gasteiger partial charge in [-0.1, -0.05) is 77.6 Å². The van der Waals surface area contributed by atoms with Crippen molar-refractivity contribution in [3.05, 3.63) is 119 Å². The van der Waals surface area contributed by atoms with E-state index < -0.39 is 12.0 Å². The van der Waals surface area contributed by atoms with E-state index in [0.29, 0.717) is 20.6 Å². The van der Waals surface area contributed by atoms with Gasteiger partial charge in [0, 0.05) is 10.4 Å². The van der Waals surface area contributed by atoms with Crippen LogP contribution in [0.15, 0.2) is 87.5 Å². The maximum absolute atomic E-state index is 13.7. The normalized spacial score (nSPS) is 15.7. The van der Waals surface area contributed by atoms with Crippen LogP contribution in [0.5, 0.6) is 0 Å². The number of carbonyl (C=O) groups excluding carboxylic acids is 1. The van der Waals surface area contributed by atoms with E-state index in [1.165, 1.54) is 22.7 Å². The van der Waals surface area contributed by atoms with E-state index in [2.05, 4.69) is 0 Å². The molecule has 0 aliphatic carbocycles. The maximum atomic E-state index is 13.7. The molecule has 0 radical (unpaired) electrons. The average Bonchev–Trinajstić information content (AvgIpc) is 3.49. The fraction of sp³-hybridized carbons (Fsp3) is 0.148. The minimum Gasteiger partial charge on any atom is -0.463 e. The molecule has 5 nitrogen and oxygen atoms in total. The van der Waals surface area contributed by atoms with Crippen LogP contribution in [-0.2, 0) is 9.53 Å². The van der Waals surface area contributed by atoms with E-state index in [9.17, 15) is 9.59 Å². The Hall–Kier alpha value is -3.55. The summed E-state index contributed by atoms with van der Waals surface area (Å²) >= 11 is 2.84. The van der Waals surface area contributed by atoms with Crippen molar-refractivity contribution in [2.75, 3.05) is 6.61 Å². The molecule has 170 valence electrons. The van der Waals surface area contributed by atoms with Crippen molar-refractivity contribution in [2.45, 2.75) is 19.9 Å². The number of rotatable bonds is 5. The first-order chi connectivity index (χ1) is 16.6. The van der Waals surface area contributed by atoms with Crippen molar-refractivity contribution in [2.24, 2.45) is 4.99 Å². The third-order valence-electron chi connectivity index (χ3n) is 5.56. The molecule has 2 aromatic heterocycles. The largest absolute Gasteiger partial charge is 0.463 e. The molecule has 0 fully saturated rings. The van der Waals surface area contributed by atoms with E-state index in [1.54, 1.807) is 11.5 Å². The molecule has 0 saturated carbocycles. The van der Waals surface area contributed by atoms with E-state index in [4.69, 9.17) is 9.73 Å². The Labute approximate surface area is 204 Å². The van der Waals surface area contributed by atoms with Gasteiger partial charge in [0.1, 0.15) is 6.04 Å². The Morgan fingerprint density at radius 2 is 1.85 bits per heavy atom. The molecule has 34 heavy (non-hydrogen) atoms. The SMILES string of the molecule is CCOC(=O)C1=C(c2ccccc2)N=c2s/c(=C/c3ccc(C)cc3)c(=O)n2C1c1cccs1. The fourth-order valence-corrected chi connectivity index (χ4v) is 5.79. The average molecular weight is 487 g/mol. The number of thiazole rings is 1. The number of nitrogens with zero attached hydrogens (tertiary/aromatic N) is 2. The van der Waals surface area contributed by atoms with Crippen LogP contribution in [0.1, 0.15) is 34.5 Å². The Morgan fingerprint density at radius 1 is 1.09 bits per heavy atom. The van der Waals surface area contributed by atoms with Crippen LogP contribution in [-0.4, -0.2) is 17.1 Å². The molecule has 0 bridgehead atoms. The lowest BCUT2D eigenvalue weighted by atomic mass is 9.97. The second-order valence-corrected chi connectivity index (χ2v) is 9.85. The number of hydrogen-bond acceptors (Lipinski definition) is 6. The molecule has 0 amide bonds. The molecule has 1 atom stereocenters. The van der Waals surface area contributed by atoms with Gasteiger partial charge < -0.3 is 4.74 Å². The summed E-state index contributed by atoms with van der Waals surface area (Å²) in [5.74, 6) is -0.462. The van der Waals surface area contributed by atoms with Crippen LogP contribution in [0.25, 0.3) is 11.8 Å². The number of thiophene rings is 1. The lowest BCUT2D eigenvalue weighted by Crippen LogP contribution is -2.39. The predicted molar refractivity (Wildman–Crippen MR) is 137 cm³/mol. The van der Waals surface area contributed by atoms with Gasteiger partial charge in [-0.05, 0) is 36.9 Å². The zero-order chi connectivity index (χ0) is 23.7. The highest BCUT2D eigenvalue weighted by molar-refractivity contribution is 7.10. The van der Waals surface area contributed by atoms with Gasteiger partial charge in [0.15, 0.2) is 4.80 Å². The Bertz CT molecular complexity index is 1540. The molecule has 1 aliphatic heterocycles. The van der Waals surface area contributed by atoms with Crippen LogP contribution in [0.4, 0.5) is 0 Å². The lowest BCUT2D eigenvalue weighted by Gasteiger charge is -2.24. The maximum Gasteiger partial charge on any atom is 0.338 e. The van der Waals surface area contributed by atoms with Crippen molar-refractivity contribution in [1.82, 2.24) is 4.57 Å². The smallest absolute Gasteiger partial charge is 0.338 e. The standard InChI is InChI=1S/C27H22N2O3S2/c1-3-32-26(31)22-23(19-8-5-4-6-9-19)28-27-29(24(22)20-10-7-15-33-20)25(30)21(34-27)16-18-13-11-17(2)12-14-18/h4-16,24H,3H2,1-2H3/b21-16+. The highest BCUT2D eigenvalue weighted by atomic mass is 32.1. The molecule has 3 heterocycles. The third-order valence-corrected chi connectivity index (χ3v) is 7.47. The van der Waals surface area contributed by atoms with Gasteiger partial charge in [-0.3, -0.25) is 9.36 Å². The van der Waals surface area contributed by atoms with Gasteiger partial charge in [0.05, 0.1) is 22.4 Å². The predicted octanol–water partition coefficient (Wildman–Crippen LogP) is 4.31. The zero-order valence-corrected chi connectivity index (χ0v) is 20.4. The monoisotopic (exact) mass is 486 g/mol. The van der Waals surface area contributed by atoms with E-state index in [-0.39, 0.29) is 12.2 Å². The molecule has 0 spiro atoms. The summed E-state index contributed by atoms with van der Waals surface area (Å²) in [6.45, 7) is 4.04. The highest BCUT2D eigenvalue weighted by Crippen LogP contribution is 2.36. The summed E-state index contributed by atoms with van der Waals surface area (Å²) in [4.78, 5) is 33.2. The van der Waals surface area contributed by atoms with E-state index in [1.807, 2.05) is 85.1 Å². The van der Waals surface area contributed by atoms with Crippen molar-refractivity contribution in [1.29, 1.82) is 0 Å². The molecule has 2 aromatic carbocycles. The number of benzene rings is 2. The molecule has 7 heteroatoms. The van der Waals surface area contributed by atoms with Crippen LogP contribution in [0.3, 0.4) is 0 Å². The first kappa shape index (κ1) is 22.3. The zero-order valence-electron chi connectivity index (χ0n) is 18.7. The van der Waals surface area contributed by atoms with Crippen LogP contribution < -0.4 is 14.9 Å². The van der Waals surface area contributed by atoms with Gasteiger partial charge in [-0.25, -0.2) is 9.79 Å². The van der Waals surface area contributed by atoms with Crippen LogP contribution in [0, 0.1) is 6.92 Å². The summed E-state index contributed by atoms with van der Waals surface area (Å²) in [5, 5.41) is 1.95. The summed E-state index contributed by atoms with van der Waals surface area (Å²) in [7, 11) is 0. The molecular weight excluding hydrogens is 464 g/mol. The molecule has 4 aromatic rings. The first-order valence-electron chi connectivity index (χ1n) is 11.0. The Morgan fingerprint density at radius 3 is 2.53 bits per heavy atom. The number of hydrogen-bond donors (Lipinski definition) is 0.